The van der Waals surface area contributed by atoms with Crippen molar-refractivity contribution < 1.29 is 9.84 Å². The Kier molecular flexibility index (Phi) is 6.05. The molecule has 0 aliphatic heterocycles. The molecule has 3 nitrogen and oxygen atoms in total. The number of ether oxygens (including phenoxy) is 1. The van der Waals surface area contributed by atoms with Crippen LogP contribution in [-0.4, -0.2) is 18.3 Å². The average molecular weight is 306 g/mol. The quantitative estimate of drug-likeness (QED) is 0.822. The van der Waals surface area contributed by atoms with E-state index in [2.05, 4.69) is 12.2 Å². The summed E-state index contributed by atoms with van der Waals surface area (Å²) < 4.78 is 5.53. The van der Waals surface area contributed by atoms with E-state index in [0.717, 1.165) is 16.3 Å². The Labute approximate surface area is 130 Å². The molecule has 21 heavy (non-hydrogen) atoms. The van der Waals surface area contributed by atoms with Crippen molar-refractivity contribution in [2.24, 2.45) is 0 Å². The predicted octanol–water partition coefficient (Wildman–Crippen LogP) is 3.56. The Bertz CT molecular complexity index is 557. The lowest BCUT2D eigenvalue weighted by Gasteiger charge is -2.16. The van der Waals surface area contributed by atoms with E-state index in [1.807, 2.05) is 48.5 Å². The second-order valence-electron chi connectivity index (χ2n) is 4.83. The summed E-state index contributed by atoms with van der Waals surface area (Å²) in [6.07, 6.45) is 0. The lowest BCUT2D eigenvalue weighted by molar-refractivity contribution is 0.200. The van der Waals surface area contributed by atoms with Gasteiger partial charge < -0.3 is 15.2 Å². The van der Waals surface area contributed by atoms with E-state index < -0.39 is 0 Å². The van der Waals surface area contributed by atoms with Crippen molar-refractivity contribution in [3.63, 3.8) is 0 Å². The van der Waals surface area contributed by atoms with Crippen LogP contribution in [0.3, 0.4) is 0 Å². The summed E-state index contributed by atoms with van der Waals surface area (Å²) in [5.41, 5.74) is 2.26. The van der Waals surface area contributed by atoms with Crippen molar-refractivity contribution in [3.8, 4) is 5.75 Å². The van der Waals surface area contributed by atoms with Gasteiger partial charge in [-0.1, -0.05) is 41.9 Å². The number of hydrogen-bond donors (Lipinski definition) is 2. The fourth-order valence-electron chi connectivity index (χ4n) is 2.08. The Morgan fingerprint density at radius 2 is 1.86 bits per heavy atom. The van der Waals surface area contributed by atoms with Crippen LogP contribution in [0.1, 0.15) is 24.1 Å². The molecular formula is C17H20ClNO2. The van der Waals surface area contributed by atoms with Gasteiger partial charge in [-0.25, -0.2) is 0 Å². The van der Waals surface area contributed by atoms with Gasteiger partial charge in [0, 0.05) is 23.2 Å². The Morgan fingerprint density at radius 3 is 2.57 bits per heavy atom. The van der Waals surface area contributed by atoms with E-state index in [9.17, 15) is 0 Å². The second-order valence-corrected chi connectivity index (χ2v) is 5.27. The van der Waals surface area contributed by atoms with Crippen LogP contribution in [0.5, 0.6) is 5.75 Å². The highest BCUT2D eigenvalue weighted by atomic mass is 35.5. The van der Waals surface area contributed by atoms with E-state index in [1.54, 1.807) is 0 Å². The molecule has 2 aromatic carbocycles. The first kappa shape index (κ1) is 15.8. The topological polar surface area (TPSA) is 41.5 Å². The van der Waals surface area contributed by atoms with Crippen molar-refractivity contribution in [1.82, 2.24) is 5.32 Å². The second kappa shape index (κ2) is 8.03. The lowest BCUT2D eigenvalue weighted by atomic mass is 10.1. The number of rotatable bonds is 7. The first-order chi connectivity index (χ1) is 10.2. The van der Waals surface area contributed by atoms with E-state index >= 15 is 0 Å². The fourth-order valence-corrected chi connectivity index (χ4v) is 2.20. The molecule has 2 aromatic rings. The number of para-hydroxylation sites is 1. The zero-order valence-corrected chi connectivity index (χ0v) is 12.8. The molecule has 4 heteroatoms. The number of nitrogens with one attached hydrogen (secondary N) is 1. The molecule has 1 atom stereocenters. The monoisotopic (exact) mass is 305 g/mol. The molecule has 0 aliphatic carbocycles. The Balaban J connectivity index is 1.97. The number of aliphatic hydroxyl groups is 1. The summed E-state index contributed by atoms with van der Waals surface area (Å²) in [6.45, 7) is 3.14. The van der Waals surface area contributed by atoms with Gasteiger partial charge in [-0.15, -0.1) is 0 Å². The summed E-state index contributed by atoms with van der Waals surface area (Å²) in [5.74, 6) is 0.808. The number of halogens is 1. The van der Waals surface area contributed by atoms with Gasteiger partial charge >= 0.3 is 0 Å². The van der Waals surface area contributed by atoms with Crippen molar-refractivity contribution >= 4 is 11.6 Å². The first-order valence-electron chi connectivity index (χ1n) is 7.01. The van der Waals surface area contributed by atoms with Crippen LogP contribution in [0.15, 0.2) is 48.5 Å². The molecule has 2 N–H and O–H groups in total. The first-order valence-corrected chi connectivity index (χ1v) is 7.39. The van der Waals surface area contributed by atoms with Gasteiger partial charge in [0.15, 0.2) is 0 Å². The highest BCUT2D eigenvalue weighted by molar-refractivity contribution is 6.30. The van der Waals surface area contributed by atoms with Gasteiger partial charge in [0.25, 0.3) is 0 Å². The highest BCUT2D eigenvalue weighted by Gasteiger charge is 2.07. The molecule has 0 aromatic heterocycles. The molecule has 0 unspecified atom stereocenters. The number of hydrogen-bond acceptors (Lipinski definition) is 3. The number of benzene rings is 2. The summed E-state index contributed by atoms with van der Waals surface area (Å²) in [6, 6.07) is 15.9. The molecular weight excluding hydrogens is 286 g/mol. The third-order valence-electron chi connectivity index (χ3n) is 3.29. The third-order valence-corrected chi connectivity index (χ3v) is 3.54. The molecule has 112 valence electrons. The summed E-state index contributed by atoms with van der Waals surface area (Å²) >= 11 is 5.90. The average Bonchev–Trinajstić information content (AvgIpc) is 2.52. The van der Waals surface area contributed by atoms with Crippen molar-refractivity contribution in [3.05, 3.63) is 64.7 Å². The summed E-state index contributed by atoms with van der Waals surface area (Å²) in [4.78, 5) is 0. The van der Waals surface area contributed by atoms with Gasteiger partial charge in [-0.3, -0.25) is 0 Å². The van der Waals surface area contributed by atoms with Gasteiger partial charge in [-0.2, -0.15) is 0 Å². The highest BCUT2D eigenvalue weighted by Crippen LogP contribution is 2.20. The van der Waals surface area contributed by atoms with Crippen molar-refractivity contribution in [2.45, 2.75) is 19.5 Å². The minimum Gasteiger partial charge on any atom is -0.491 e. The standard InChI is InChI=1S/C17H20ClNO2/c1-13(14-6-8-16(18)9-7-14)19-12-15-4-2-3-5-17(15)21-11-10-20/h2-9,13,19-20H,10-12H2,1H3/t13-/m0/s1. The van der Waals surface area contributed by atoms with Crippen LogP contribution in [0, 0.1) is 0 Å². The van der Waals surface area contributed by atoms with E-state index in [4.69, 9.17) is 21.4 Å². The van der Waals surface area contributed by atoms with E-state index in [0.29, 0.717) is 13.2 Å². The molecule has 0 saturated heterocycles. The normalized spacial score (nSPS) is 12.1. The summed E-state index contributed by atoms with van der Waals surface area (Å²) in [7, 11) is 0. The maximum Gasteiger partial charge on any atom is 0.123 e. The smallest absolute Gasteiger partial charge is 0.123 e. The van der Waals surface area contributed by atoms with Crippen LogP contribution in [-0.2, 0) is 6.54 Å². The largest absolute Gasteiger partial charge is 0.491 e. The molecule has 0 aliphatic rings. The SMILES string of the molecule is C[C@H](NCc1ccccc1OCCO)c1ccc(Cl)cc1. The molecule has 0 fully saturated rings. The van der Waals surface area contributed by atoms with Crippen LogP contribution < -0.4 is 10.1 Å². The minimum absolute atomic E-state index is 0.0168. The molecule has 0 bridgehead atoms. The lowest BCUT2D eigenvalue weighted by Crippen LogP contribution is -2.18. The van der Waals surface area contributed by atoms with Crippen LogP contribution >= 0.6 is 11.6 Å². The molecule has 0 saturated carbocycles. The zero-order chi connectivity index (χ0) is 15.1. The van der Waals surface area contributed by atoms with Crippen molar-refractivity contribution in [2.75, 3.05) is 13.2 Å². The van der Waals surface area contributed by atoms with Crippen LogP contribution in [0.25, 0.3) is 0 Å². The molecule has 2 rings (SSSR count). The van der Waals surface area contributed by atoms with Crippen LogP contribution in [0.2, 0.25) is 5.02 Å². The van der Waals surface area contributed by atoms with Gasteiger partial charge in [0.05, 0.1) is 6.61 Å². The molecule has 0 heterocycles. The van der Waals surface area contributed by atoms with Gasteiger partial charge in [0.2, 0.25) is 0 Å². The Morgan fingerprint density at radius 1 is 1.14 bits per heavy atom. The number of aliphatic hydroxyl groups excluding tert-OH is 1. The molecule has 0 radical (unpaired) electrons. The molecule has 0 amide bonds. The van der Waals surface area contributed by atoms with E-state index in [-0.39, 0.29) is 12.6 Å². The zero-order valence-electron chi connectivity index (χ0n) is 12.1. The van der Waals surface area contributed by atoms with Gasteiger partial charge in [-0.05, 0) is 30.7 Å². The van der Waals surface area contributed by atoms with Crippen molar-refractivity contribution in [1.29, 1.82) is 0 Å². The Hall–Kier alpha value is -1.55. The minimum atomic E-state index is 0.0168. The van der Waals surface area contributed by atoms with E-state index in [1.165, 1.54) is 5.56 Å². The maximum atomic E-state index is 8.86. The third kappa shape index (κ3) is 4.74. The fraction of sp³-hybridized carbons (Fsp3) is 0.294. The summed E-state index contributed by atoms with van der Waals surface area (Å²) in [5, 5.41) is 13.1. The molecule has 0 spiro atoms. The van der Waals surface area contributed by atoms with Crippen LogP contribution in [0.4, 0.5) is 0 Å². The van der Waals surface area contributed by atoms with Gasteiger partial charge in [0.1, 0.15) is 12.4 Å². The maximum absolute atomic E-state index is 8.86. The predicted molar refractivity (Wildman–Crippen MR) is 85.7 cm³/mol.